The summed E-state index contributed by atoms with van der Waals surface area (Å²) in [6.45, 7) is 0. The second-order valence-corrected chi connectivity index (χ2v) is 7.54. The summed E-state index contributed by atoms with van der Waals surface area (Å²) in [5, 5.41) is 43.7. The summed E-state index contributed by atoms with van der Waals surface area (Å²) in [6, 6.07) is 9.06. The summed E-state index contributed by atoms with van der Waals surface area (Å²) in [4.78, 5) is 24.2. The van der Waals surface area contributed by atoms with E-state index in [2.05, 4.69) is 11.4 Å². The Kier molecular flexibility index (Phi) is 4.14. The normalized spacial score (nSPS) is 19.1. The van der Waals surface area contributed by atoms with E-state index >= 15 is 0 Å². The standard InChI is InChI=1S/C20H13N3O4S/c21-6-10-2-1-3-11-12(8-28-18(10)11)14-15(19(24)25)13(7-22)23-17(9-4-5-9)16(14)20(26)27/h1-3,8-9,14,23H,4-5H2,(H,24,25)(H,26,27). The molecule has 2 aliphatic rings. The summed E-state index contributed by atoms with van der Waals surface area (Å²) >= 11 is 1.26. The van der Waals surface area contributed by atoms with Gasteiger partial charge < -0.3 is 15.5 Å². The van der Waals surface area contributed by atoms with Crippen molar-refractivity contribution in [2.24, 2.45) is 5.92 Å². The van der Waals surface area contributed by atoms with Crippen molar-refractivity contribution in [3.05, 3.63) is 57.2 Å². The quantitative estimate of drug-likeness (QED) is 0.729. The van der Waals surface area contributed by atoms with Crippen LogP contribution in [0.3, 0.4) is 0 Å². The summed E-state index contributed by atoms with van der Waals surface area (Å²) in [7, 11) is 0. The van der Waals surface area contributed by atoms with Crippen LogP contribution in [0.1, 0.15) is 29.9 Å². The lowest BCUT2D eigenvalue weighted by atomic mass is 9.79. The van der Waals surface area contributed by atoms with Gasteiger partial charge in [-0.25, -0.2) is 9.59 Å². The van der Waals surface area contributed by atoms with E-state index in [0.717, 1.165) is 12.8 Å². The number of carbonyl (C=O) groups is 2. The van der Waals surface area contributed by atoms with E-state index < -0.39 is 17.9 Å². The highest BCUT2D eigenvalue weighted by Crippen LogP contribution is 2.48. The molecule has 0 saturated heterocycles. The van der Waals surface area contributed by atoms with Gasteiger partial charge in [0.15, 0.2) is 0 Å². The third-order valence-corrected chi connectivity index (χ3v) is 6.06. The van der Waals surface area contributed by atoms with Gasteiger partial charge in [0.1, 0.15) is 17.8 Å². The minimum Gasteiger partial charge on any atom is -0.478 e. The number of dihydropyridines is 1. The Morgan fingerprint density at radius 1 is 1.11 bits per heavy atom. The highest BCUT2D eigenvalue weighted by molar-refractivity contribution is 7.17. The van der Waals surface area contributed by atoms with Crippen LogP contribution in [-0.2, 0) is 9.59 Å². The summed E-state index contributed by atoms with van der Waals surface area (Å²) in [6.07, 6.45) is 1.58. The molecule has 2 heterocycles. The summed E-state index contributed by atoms with van der Waals surface area (Å²) in [5.41, 5.74) is 0.869. The van der Waals surface area contributed by atoms with Crippen LogP contribution in [0.4, 0.5) is 0 Å². The second kappa shape index (κ2) is 6.52. The average molecular weight is 391 g/mol. The zero-order valence-corrected chi connectivity index (χ0v) is 15.2. The van der Waals surface area contributed by atoms with Gasteiger partial charge in [-0.3, -0.25) is 0 Å². The third kappa shape index (κ3) is 2.63. The van der Waals surface area contributed by atoms with Gasteiger partial charge in [0, 0.05) is 5.70 Å². The highest BCUT2D eigenvalue weighted by atomic mass is 32.1. The van der Waals surface area contributed by atoms with E-state index in [9.17, 15) is 30.3 Å². The van der Waals surface area contributed by atoms with Crippen molar-refractivity contribution in [2.45, 2.75) is 18.8 Å². The van der Waals surface area contributed by atoms with Crippen LogP contribution in [0.15, 0.2) is 46.1 Å². The molecule has 1 unspecified atom stereocenters. The maximum Gasteiger partial charge on any atom is 0.335 e. The minimum atomic E-state index is -1.35. The molecule has 1 aliphatic heterocycles. The first-order chi connectivity index (χ1) is 13.5. The third-order valence-electron chi connectivity index (χ3n) is 5.02. The molecule has 7 nitrogen and oxygen atoms in total. The van der Waals surface area contributed by atoms with Gasteiger partial charge in [0.25, 0.3) is 0 Å². The van der Waals surface area contributed by atoms with Gasteiger partial charge in [-0.05, 0) is 41.2 Å². The molecule has 4 rings (SSSR count). The van der Waals surface area contributed by atoms with Crippen molar-refractivity contribution in [3.8, 4) is 12.1 Å². The number of nitrogens with zero attached hydrogens (tertiary/aromatic N) is 2. The van der Waals surface area contributed by atoms with Crippen molar-refractivity contribution in [3.63, 3.8) is 0 Å². The number of rotatable bonds is 4. The van der Waals surface area contributed by atoms with Gasteiger partial charge in [-0.15, -0.1) is 11.3 Å². The molecule has 1 saturated carbocycles. The van der Waals surface area contributed by atoms with Crippen molar-refractivity contribution in [1.82, 2.24) is 5.32 Å². The molecule has 1 fully saturated rings. The molecule has 0 bridgehead atoms. The van der Waals surface area contributed by atoms with Crippen molar-refractivity contribution in [1.29, 1.82) is 10.5 Å². The molecule has 0 amide bonds. The van der Waals surface area contributed by atoms with Crippen LogP contribution in [-0.4, -0.2) is 22.2 Å². The first kappa shape index (κ1) is 17.8. The van der Waals surface area contributed by atoms with E-state index in [4.69, 9.17) is 0 Å². The number of thiophene rings is 1. The van der Waals surface area contributed by atoms with E-state index in [1.807, 2.05) is 6.07 Å². The molecule has 0 spiro atoms. The lowest BCUT2D eigenvalue weighted by molar-refractivity contribution is -0.133. The Morgan fingerprint density at radius 2 is 1.82 bits per heavy atom. The van der Waals surface area contributed by atoms with Crippen molar-refractivity contribution in [2.75, 3.05) is 0 Å². The number of carboxylic acids is 2. The smallest absolute Gasteiger partial charge is 0.335 e. The van der Waals surface area contributed by atoms with Crippen LogP contribution >= 0.6 is 11.3 Å². The number of allylic oxidation sites excluding steroid dienone is 2. The molecule has 0 radical (unpaired) electrons. The molecule has 138 valence electrons. The predicted molar refractivity (Wildman–Crippen MR) is 100 cm³/mol. The fraction of sp³-hybridized carbons (Fsp3) is 0.200. The lowest BCUT2D eigenvalue weighted by Crippen LogP contribution is -2.33. The SMILES string of the molecule is N#CC1=C(C(=O)O)C(c2csc3c(C#N)cccc23)C(C(=O)O)=C(C2CC2)N1. The first-order valence-electron chi connectivity index (χ1n) is 8.50. The maximum absolute atomic E-state index is 12.2. The number of carboxylic acid groups (broad SMARTS) is 2. The monoisotopic (exact) mass is 391 g/mol. The molecule has 1 aromatic heterocycles. The fourth-order valence-electron chi connectivity index (χ4n) is 3.66. The predicted octanol–water partition coefficient (Wildman–Crippen LogP) is 3.07. The van der Waals surface area contributed by atoms with Crippen LogP contribution in [0.25, 0.3) is 10.1 Å². The zero-order valence-electron chi connectivity index (χ0n) is 14.4. The van der Waals surface area contributed by atoms with Gasteiger partial charge in [0.2, 0.25) is 0 Å². The van der Waals surface area contributed by atoms with Gasteiger partial charge in [0.05, 0.1) is 27.3 Å². The first-order valence-corrected chi connectivity index (χ1v) is 9.38. The number of nitriles is 2. The maximum atomic E-state index is 12.2. The van der Waals surface area contributed by atoms with Crippen LogP contribution < -0.4 is 5.32 Å². The second-order valence-electron chi connectivity index (χ2n) is 6.66. The van der Waals surface area contributed by atoms with Crippen LogP contribution in [0.2, 0.25) is 0 Å². The molecule has 8 heteroatoms. The number of nitrogens with one attached hydrogen (secondary N) is 1. The molecular weight excluding hydrogens is 378 g/mol. The zero-order chi connectivity index (χ0) is 20.0. The number of hydrogen-bond acceptors (Lipinski definition) is 6. The van der Waals surface area contributed by atoms with Crippen LogP contribution in [0, 0.1) is 28.6 Å². The van der Waals surface area contributed by atoms with Crippen LogP contribution in [0.5, 0.6) is 0 Å². The Bertz CT molecular complexity index is 1190. The van der Waals surface area contributed by atoms with Crippen molar-refractivity contribution >= 4 is 33.4 Å². The average Bonchev–Trinajstić information content (AvgIpc) is 3.44. The summed E-state index contributed by atoms with van der Waals surface area (Å²) in [5.74, 6) is -3.68. The Hall–Kier alpha value is -3.62. The Balaban J connectivity index is 2.05. The number of benzene rings is 1. The number of aliphatic carboxylic acids is 2. The van der Waals surface area contributed by atoms with Gasteiger partial charge in [-0.2, -0.15) is 10.5 Å². The number of hydrogen-bond donors (Lipinski definition) is 3. The fourth-order valence-corrected chi connectivity index (χ4v) is 4.73. The van der Waals surface area contributed by atoms with E-state index in [1.54, 1.807) is 23.6 Å². The molecule has 28 heavy (non-hydrogen) atoms. The molecule has 1 aromatic carbocycles. The minimum absolute atomic E-state index is 0.0214. The molecule has 1 atom stereocenters. The topological polar surface area (TPSA) is 134 Å². The molecule has 3 N–H and O–H groups in total. The van der Waals surface area contributed by atoms with Gasteiger partial charge >= 0.3 is 11.9 Å². The molecule has 2 aromatic rings. The largest absolute Gasteiger partial charge is 0.478 e. The van der Waals surface area contributed by atoms with E-state index in [-0.39, 0.29) is 22.8 Å². The molecular formula is C20H13N3O4S. The van der Waals surface area contributed by atoms with E-state index in [1.165, 1.54) is 11.3 Å². The van der Waals surface area contributed by atoms with E-state index in [0.29, 0.717) is 26.9 Å². The van der Waals surface area contributed by atoms with Gasteiger partial charge in [-0.1, -0.05) is 12.1 Å². The molecule has 1 aliphatic carbocycles. The van der Waals surface area contributed by atoms with Crippen molar-refractivity contribution < 1.29 is 19.8 Å². The lowest BCUT2D eigenvalue weighted by Gasteiger charge is -2.28. The highest BCUT2D eigenvalue weighted by Gasteiger charge is 2.43. The summed E-state index contributed by atoms with van der Waals surface area (Å²) < 4.78 is 0.666. The Morgan fingerprint density at radius 3 is 2.39 bits per heavy atom. The number of fused-ring (bicyclic) bond motifs is 1. The Labute approximate surface area is 163 Å².